The Morgan fingerprint density at radius 3 is 2.83 bits per heavy atom. The number of methoxy groups -OCH3 is 1. The van der Waals surface area contributed by atoms with E-state index < -0.39 is 0 Å². The molecule has 0 fully saturated rings. The van der Waals surface area contributed by atoms with E-state index in [2.05, 4.69) is 10.2 Å². The quantitative estimate of drug-likeness (QED) is 0.449. The van der Waals surface area contributed by atoms with Crippen molar-refractivity contribution in [2.45, 2.75) is 0 Å². The summed E-state index contributed by atoms with van der Waals surface area (Å²) in [5.74, 6) is 1.70. The van der Waals surface area contributed by atoms with Gasteiger partial charge >= 0.3 is 0 Å². The average molecular weight is 250 g/mol. The molecule has 0 bridgehead atoms. The summed E-state index contributed by atoms with van der Waals surface area (Å²) in [6.07, 6.45) is 1.50. The van der Waals surface area contributed by atoms with Crippen molar-refractivity contribution in [3.8, 4) is 17.2 Å². The van der Waals surface area contributed by atoms with Crippen molar-refractivity contribution in [2.24, 2.45) is 21.7 Å². The van der Waals surface area contributed by atoms with Crippen LogP contribution in [-0.4, -0.2) is 32.5 Å². The van der Waals surface area contributed by atoms with Gasteiger partial charge in [-0.2, -0.15) is 5.10 Å². The van der Waals surface area contributed by atoms with Crippen LogP contribution in [0.4, 0.5) is 0 Å². The smallest absolute Gasteiger partial charge is 0.211 e. The number of nitrogens with two attached hydrogens (primary N) is 2. The van der Waals surface area contributed by atoms with Crippen LogP contribution >= 0.6 is 0 Å². The van der Waals surface area contributed by atoms with Crippen LogP contribution in [0, 0.1) is 0 Å². The molecule has 0 aliphatic carbocycles. The zero-order valence-corrected chi connectivity index (χ0v) is 9.92. The lowest BCUT2D eigenvalue weighted by molar-refractivity contribution is 0.165. The Hall–Kier alpha value is -2.44. The number of fused-ring (bicyclic) bond motifs is 1. The Kier molecular flexibility index (Phi) is 3.52. The summed E-state index contributed by atoms with van der Waals surface area (Å²) in [7, 11) is 1.56. The minimum Gasteiger partial charge on any atom is -0.493 e. The molecule has 96 valence electrons. The highest BCUT2D eigenvalue weighted by atomic mass is 16.6. The predicted molar refractivity (Wildman–Crippen MR) is 67.4 cm³/mol. The summed E-state index contributed by atoms with van der Waals surface area (Å²) < 4.78 is 16.2. The van der Waals surface area contributed by atoms with E-state index in [-0.39, 0.29) is 5.96 Å². The zero-order valence-electron chi connectivity index (χ0n) is 9.92. The fraction of sp³-hybridized carbons (Fsp3) is 0.273. The van der Waals surface area contributed by atoms with Crippen LogP contribution in [-0.2, 0) is 0 Å². The largest absolute Gasteiger partial charge is 0.493 e. The number of nitrogens with zero attached hydrogens (tertiary/aromatic N) is 2. The highest BCUT2D eigenvalue weighted by Gasteiger charge is 2.17. The van der Waals surface area contributed by atoms with Crippen molar-refractivity contribution in [2.75, 3.05) is 20.3 Å². The van der Waals surface area contributed by atoms with Crippen molar-refractivity contribution < 1.29 is 14.2 Å². The lowest BCUT2D eigenvalue weighted by Crippen LogP contribution is -2.21. The maximum absolute atomic E-state index is 5.48. The lowest BCUT2D eigenvalue weighted by Gasteiger charge is -2.20. The predicted octanol–water partition coefficient (Wildman–Crippen LogP) is 0.0737. The molecule has 1 aliphatic heterocycles. The number of rotatable bonds is 3. The van der Waals surface area contributed by atoms with Gasteiger partial charge in [0.2, 0.25) is 11.7 Å². The summed E-state index contributed by atoms with van der Waals surface area (Å²) in [5.41, 5.74) is 11.1. The number of ether oxygens (including phenoxy) is 3. The van der Waals surface area contributed by atoms with Crippen LogP contribution < -0.4 is 25.7 Å². The van der Waals surface area contributed by atoms with Crippen molar-refractivity contribution in [1.29, 1.82) is 0 Å². The minimum atomic E-state index is -0.101. The number of benzene rings is 1. The molecular formula is C11H14N4O3. The first-order valence-electron chi connectivity index (χ1n) is 5.30. The summed E-state index contributed by atoms with van der Waals surface area (Å²) in [6.45, 7) is 1.01. The van der Waals surface area contributed by atoms with Gasteiger partial charge in [-0.15, -0.1) is 5.10 Å². The molecule has 0 unspecified atom stereocenters. The third kappa shape index (κ3) is 2.62. The Morgan fingerprint density at radius 2 is 2.11 bits per heavy atom. The van der Waals surface area contributed by atoms with E-state index >= 15 is 0 Å². The van der Waals surface area contributed by atoms with E-state index in [1.165, 1.54) is 6.21 Å². The number of hydrogen-bond donors (Lipinski definition) is 2. The monoisotopic (exact) mass is 250 g/mol. The summed E-state index contributed by atoms with van der Waals surface area (Å²) in [6, 6.07) is 3.54. The molecule has 1 heterocycles. The van der Waals surface area contributed by atoms with Gasteiger partial charge < -0.3 is 25.7 Å². The molecule has 0 saturated carbocycles. The molecule has 7 nitrogen and oxygen atoms in total. The minimum absolute atomic E-state index is 0.101. The van der Waals surface area contributed by atoms with Gasteiger partial charge in [0.05, 0.1) is 13.3 Å². The molecule has 0 saturated heterocycles. The molecule has 0 spiro atoms. The second-order valence-electron chi connectivity index (χ2n) is 3.52. The van der Waals surface area contributed by atoms with E-state index in [9.17, 15) is 0 Å². The normalized spacial score (nSPS) is 13.4. The van der Waals surface area contributed by atoms with Crippen molar-refractivity contribution in [3.63, 3.8) is 0 Å². The highest BCUT2D eigenvalue weighted by molar-refractivity contribution is 5.83. The van der Waals surface area contributed by atoms with E-state index in [1.54, 1.807) is 19.2 Å². The standard InChI is InChI=1S/C11H14N4O3/c1-16-8-4-7(6-14-15-11(12)13)5-9-10(8)18-3-2-17-9/h4-6H,2-3H2,1H3,(H4,12,13,15)/b14-6-. The maximum Gasteiger partial charge on any atom is 0.211 e. The summed E-state index contributed by atoms with van der Waals surface area (Å²) in [4.78, 5) is 0. The first-order chi connectivity index (χ1) is 8.70. The first-order valence-corrected chi connectivity index (χ1v) is 5.30. The molecule has 1 aliphatic rings. The molecule has 18 heavy (non-hydrogen) atoms. The molecular weight excluding hydrogens is 236 g/mol. The number of guanidine groups is 1. The molecule has 2 rings (SSSR count). The fourth-order valence-electron chi connectivity index (χ4n) is 1.53. The lowest BCUT2D eigenvalue weighted by atomic mass is 10.2. The van der Waals surface area contributed by atoms with E-state index in [0.717, 1.165) is 5.56 Å². The van der Waals surface area contributed by atoms with Crippen LogP contribution in [0.25, 0.3) is 0 Å². The third-order valence-electron chi connectivity index (χ3n) is 2.23. The first kappa shape index (κ1) is 12.0. The fourth-order valence-corrected chi connectivity index (χ4v) is 1.53. The summed E-state index contributed by atoms with van der Waals surface area (Å²) >= 11 is 0. The van der Waals surface area contributed by atoms with Crippen molar-refractivity contribution in [3.05, 3.63) is 17.7 Å². The Morgan fingerprint density at radius 1 is 1.33 bits per heavy atom. The van der Waals surface area contributed by atoms with E-state index in [4.69, 9.17) is 25.7 Å². The van der Waals surface area contributed by atoms with Gasteiger partial charge in [0.25, 0.3) is 0 Å². The van der Waals surface area contributed by atoms with Gasteiger partial charge in [-0.25, -0.2) is 0 Å². The molecule has 0 radical (unpaired) electrons. The second kappa shape index (κ2) is 5.26. The third-order valence-corrected chi connectivity index (χ3v) is 2.23. The molecule has 0 amide bonds. The van der Waals surface area contributed by atoms with Crippen LogP contribution in [0.15, 0.2) is 22.3 Å². The average Bonchev–Trinajstić information content (AvgIpc) is 2.37. The van der Waals surface area contributed by atoms with Crippen molar-refractivity contribution in [1.82, 2.24) is 0 Å². The maximum atomic E-state index is 5.48. The molecule has 7 heteroatoms. The van der Waals surface area contributed by atoms with Gasteiger partial charge in [-0.05, 0) is 12.1 Å². The topological polar surface area (TPSA) is 104 Å². The van der Waals surface area contributed by atoms with E-state index in [1.807, 2.05) is 0 Å². The van der Waals surface area contributed by atoms with Gasteiger partial charge in [0, 0.05) is 5.56 Å². The zero-order chi connectivity index (χ0) is 13.0. The van der Waals surface area contributed by atoms with Gasteiger partial charge in [0.1, 0.15) is 13.2 Å². The van der Waals surface area contributed by atoms with Crippen LogP contribution in [0.5, 0.6) is 17.2 Å². The van der Waals surface area contributed by atoms with Crippen LogP contribution in [0.3, 0.4) is 0 Å². The Bertz CT molecular complexity index is 478. The molecule has 0 aromatic heterocycles. The molecule has 1 aromatic carbocycles. The summed E-state index contributed by atoms with van der Waals surface area (Å²) in [5, 5.41) is 7.24. The van der Waals surface area contributed by atoms with Gasteiger partial charge in [0.15, 0.2) is 11.5 Å². The molecule has 4 N–H and O–H groups in total. The van der Waals surface area contributed by atoms with Crippen LogP contribution in [0.1, 0.15) is 5.56 Å². The van der Waals surface area contributed by atoms with E-state index in [0.29, 0.717) is 30.5 Å². The Labute approximate surface area is 104 Å². The number of hydrogen-bond acceptors (Lipinski definition) is 5. The van der Waals surface area contributed by atoms with Crippen LogP contribution in [0.2, 0.25) is 0 Å². The molecule has 0 atom stereocenters. The van der Waals surface area contributed by atoms with Crippen molar-refractivity contribution >= 4 is 12.2 Å². The SMILES string of the molecule is COc1cc(/C=N\N=C(N)N)cc2c1OCCO2. The Balaban J connectivity index is 2.32. The van der Waals surface area contributed by atoms with Gasteiger partial charge in [-0.3, -0.25) is 0 Å². The van der Waals surface area contributed by atoms with Gasteiger partial charge in [-0.1, -0.05) is 0 Å². The highest BCUT2D eigenvalue weighted by Crippen LogP contribution is 2.39. The molecule has 1 aromatic rings. The second-order valence-corrected chi connectivity index (χ2v) is 3.52.